The quantitative estimate of drug-likeness (QED) is 0.847. The van der Waals surface area contributed by atoms with Crippen LogP contribution in [0.15, 0.2) is 18.5 Å². The molecule has 0 bridgehead atoms. The van der Waals surface area contributed by atoms with Crippen LogP contribution >= 0.6 is 23.2 Å². The molecule has 3 nitrogen and oxygen atoms in total. The maximum Gasteiger partial charge on any atom is 0.253 e. The summed E-state index contributed by atoms with van der Waals surface area (Å²) in [6.07, 6.45) is 3.73. The molecule has 0 aliphatic rings. The third kappa shape index (κ3) is 3.09. The molecule has 1 atom stereocenters. The lowest BCUT2D eigenvalue weighted by atomic mass is 10.0. The van der Waals surface area contributed by atoms with E-state index in [1.54, 1.807) is 6.07 Å². The number of alkyl halides is 1. The summed E-state index contributed by atoms with van der Waals surface area (Å²) >= 11 is 11.7. The number of halogens is 2. The molecule has 0 radical (unpaired) electrons. The summed E-state index contributed by atoms with van der Waals surface area (Å²) in [4.78, 5) is 15.7. The summed E-state index contributed by atoms with van der Waals surface area (Å²) in [5.41, 5.74) is 0.00655. The molecule has 0 saturated heterocycles. The van der Waals surface area contributed by atoms with E-state index in [2.05, 4.69) is 10.3 Å². The highest BCUT2D eigenvalue weighted by Crippen LogP contribution is 2.16. The number of rotatable bonds is 4. The minimum Gasteiger partial charge on any atom is -0.346 e. The van der Waals surface area contributed by atoms with Gasteiger partial charge in [0.15, 0.2) is 0 Å². The van der Waals surface area contributed by atoms with Gasteiger partial charge in [-0.25, -0.2) is 0 Å². The predicted molar refractivity (Wildman–Crippen MR) is 66.1 cm³/mol. The van der Waals surface area contributed by atoms with E-state index in [-0.39, 0.29) is 5.91 Å². The number of amides is 1. The topological polar surface area (TPSA) is 42.0 Å². The van der Waals surface area contributed by atoms with Crippen molar-refractivity contribution >= 4 is 29.1 Å². The van der Waals surface area contributed by atoms with E-state index in [0.717, 1.165) is 6.42 Å². The molecular formula is C11H14Cl2N2O. The zero-order chi connectivity index (χ0) is 12.2. The lowest BCUT2D eigenvalue weighted by Crippen LogP contribution is -2.47. The Balaban J connectivity index is 2.84. The van der Waals surface area contributed by atoms with Crippen molar-refractivity contribution in [2.75, 3.05) is 5.88 Å². The maximum absolute atomic E-state index is 11.9. The fourth-order valence-electron chi connectivity index (χ4n) is 1.12. The number of hydrogen-bond donors (Lipinski definition) is 1. The first kappa shape index (κ1) is 13.3. The fraction of sp³-hybridized carbons (Fsp3) is 0.455. The highest BCUT2D eigenvalue weighted by atomic mass is 35.5. The third-order valence-electron chi connectivity index (χ3n) is 2.51. The van der Waals surface area contributed by atoms with E-state index in [1.807, 2.05) is 13.8 Å². The van der Waals surface area contributed by atoms with E-state index >= 15 is 0 Å². The van der Waals surface area contributed by atoms with Crippen LogP contribution in [0.5, 0.6) is 0 Å². The Labute approximate surface area is 105 Å². The number of pyridine rings is 1. The van der Waals surface area contributed by atoms with Gasteiger partial charge in [-0.2, -0.15) is 0 Å². The number of carbonyl (C=O) groups excluding carboxylic acids is 1. The monoisotopic (exact) mass is 260 g/mol. The van der Waals surface area contributed by atoms with Gasteiger partial charge < -0.3 is 5.32 Å². The number of aromatic nitrogens is 1. The van der Waals surface area contributed by atoms with Crippen LogP contribution in [0, 0.1) is 0 Å². The highest BCUT2D eigenvalue weighted by Gasteiger charge is 2.24. The van der Waals surface area contributed by atoms with Crippen LogP contribution in [0.3, 0.4) is 0 Å². The van der Waals surface area contributed by atoms with E-state index < -0.39 is 5.54 Å². The number of carbonyl (C=O) groups is 1. The van der Waals surface area contributed by atoms with Crippen LogP contribution in [0.4, 0.5) is 0 Å². The Kier molecular flexibility index (Phi) is 4.56. The molecule has 5 heteroatoms. The van der Waals surface area contributed by atoms with Crippen molar-refractivity contribution in [3.8, 4) is 0 Å². The Morgan fingerprint density at radius 1 is 1.62 bits per heavy atom. The van der Waals surface area contributed by atoms with Gasteiger partial charge >= 0.3 is 0 Å². The van der Waals surface area contributed by atoms with Gasteiger partial charge in [0.25, 0.3) is 5.91 Å². The van der Waals surface area contributed by atoms with Crippen molar-refractivity contribution in [2.24, 2.45) is 0 Å². The van der Waals surface area contributed by atoms with E-state index in [0.29, 0.717) is 16.5 Å². The van der Waals surface area contributed by atoms with Gasteiger partial charge in [-0.05, 0) is 19.4 Å². The Morgan fingerprint density at radius 2 is 2.31 bits per heavy atom. The van der Waals surface area contributed by atoms with Crippen LogP contribution in [-0.4, -0.2) is 22.3 Å². The van der Waals surface area contributed by atoms with Crippen molar-refractivity contribution in [3.63, 3.8) is 0 Å². The normalized spacial score (nSPS) is 14.2. The average Bonchev–Trinajstić information content (AvgIpc) is 2.29. The maximum atomic E-state index is 11.9. The van der Waals surface area contributed by atoms with E-state index in [4.69, 9.17) is 23.2 Å². The summed E-state index contributed by atoms with van der Waals surface area (Å²) in [5.74, 6) is 0.134. The summed E-state index contributed by atoms with van der Waals surface area (Å²) in [5, 5.41) is 3.21. The van der Waals surface area contributed by atoms with Crippen LogP contribution < -0.4 is 5.32 Å². The largest absolute Gasteiger partial charge is 0.346 e. The van der Waals surface area contributed by atoms with Crippen molar-refractivity contribution < 1.29 is 4.79 Å². The van der Waals surface area contributed by atoms with E-state index in [1.165, 1.54) is 12.4 Å². The van der Waals surface area contributed by atoms with Crippen molar-refractivity contribution in [3.05, 3.63) is 29.0 Å². The van der Waals surface area contributed by atoms with Gasteiger partial charge in [0, 0.05) is 18.3 Å². The number of nitrogens with zero attached hydrogens (tertiary/aromatic N) is 1. The third-order valence-corrected chi connectivity index (χ3v) is 3.40. The second kappa shape index (κ2) is 5.51. The summed E-state index contributed by atoms with van der Waals surface area (Å²) in [6.45, 7) is 3.86. The second-order valence-corrected chi connectivity index (χ2v) is 4.53. The van der Waals surface area contributed by atoms with Crippen LogP contribution in [0.2, 0.25) is 5.02 Å². The minimum absolute atomic E-state index is 0.225. The van der Waals surface area contributed by atoms with Crippen molar-refractivity contribution in [1.82, 2.24) is 10.3 Å². The molecule has 1 aromatic rings. The van der Waals surface area contributed by atoms with Gasteiger partial charge in [-0.1, -0.05) is 18.5 Å². The summed E-state index contributed by atoms with van der Waals surface area (Å²) in [7, 11) is 0. The molecule has 1 aromatic heterocycles. The first-order valence-corrected chi connectivity index (χ1v) is 5.91. The molecule has 16 heavy (non-hydrogen) atoms. The van der Waals surface area contributed by atoms with E-state index in [9.17, 15) is 4.79 Å². The van der Waals surface area contributed by atoms with Gasteiger partial charge in [-0.15, -0.1) is 11.6 Å². The predicted octanol–water partition coefficient (Wildman–Crippen LogP) is 2.87. The molecule has 88 valence electrons. The van der Waals surface area contributed by atoms with Crippen LogP contribution in [-0.2, 0) is 0 Å². The van der Waals surface area contributed by atoms with Crippen molar-refractivity contribution in [1.29, 1.82) is 0 Å². The zero-order valence-corrected chi connectivity index (χ0v) is 10.8. The molecule has 1 heterocycles. The zero-order valence-electron chi connectivity index (χ0n) is 9.26. The molecule has 0 aliphatic carbocycles. The van der Waals surface area contributed by atoms with Crippen molar-refractivity contribution in [2.45, 2.75) is 25.8 Å². The first-order valence-electron chi connectivity index (χ1n) is 5.00. The molecule has 0 aliphatic heterocycles. The van der Waals surface area contributed by atoms with Gasteiger partial charge in [-0.3, -0.25) is 9.78 Å². The number of hydrogen-bond acceptors (Lipinski definition) is 2. The van der Waals surface area contributed by atoms with Crippen LogP contribution in [0.1, 0.15) is 30.6 Å². The molecule has 0 aromatic carbocycles. The smallest absolute Gasteiger partial charge is 0.253 e. The van der Waals surface area contributed by atoms with Gasteiger partial charge in [0.2, 0.25) is 0 Å². The lowest BCUT2D eigenvalue weighted by molar-refractivity contribution is 0.0912. The average molecular weight is 261 g/mol. The molecule has 0 saturated carbocycles. The molecule has 1 N–H and O–H groups in total. The Bertz CT molecular complexity index is 378. The van der Waals surface area contributed by atoms with Gasteiger partial charge in [0.1, 0.15) is 0 Å². The molecule has 1 amide bonds. The summed E-state index contributed by atoms with van der Waals surface area (Å²) in [6, 6.07) is 1.59. The van der Waals surface area contributed by atoms with Gasteiger partial charge in [0.05, 0.1) is 16.1 Å². The first-order chi connectivity index (χ1) is 7.52. The number of nitrogens with one attached hydrogen (secondary N) is 1. The standard InChI is InChI=1S/C11H14Cl2N2O/c1-3-11(2,7-12)15-10(16)8-4-5-14-6-9(8)13/h4-6H,3,7H2,1-2H3,(H,15,16). The molecule has 1 rings (SSSR count). The lowest BCUT2D eigenvalue weighted by Gasteiger charge is -2.27. The fourth-order valence-corrected chi connectivity index (χ4v) is 1.58. The SMILES string of the molecule is CCC(C)(CCl)NC(=O)c1ccncc1Cl. The highest BCUT2D eigenvalue weighted by molar-refractivity contribution is 6.33. The summed E-state index contributed by atoms with van der Waals surface area (Å²) < 4.78 is 0. The molecular weight excluding hydrogens is 247 g/mol. The molecule has 0 spiro atoms. The minimum atomic E-state index is -0.411. The second-order valence-electron chi connectivity index (χ2n) is 3.86. The van der Waals surface area contributed by atoms with Crippen LogP contribution in [0.25, 0.3) is 0 Å². The Hall–Kier alpha value is -0.800. The Morgan fingerprint density at radius 3 is 2.81 bits per heavy atom. The molecule has 1 unspecified atom stereocenters. The molecule has 0 fully saturated rings.